The second kappa shape index (κ2) is 12.9. The highest BCUT2D eigenvalue weighted by atomic mass is 127. The number of amides is 1. The highest BCUT2D eigenvalue weighted by Gasteiger charge is 2.11. The first-order valence-corrected chi connectivity index (χ1v) is 8.92. The molecule has 30 heavy (non-hydrogen) atoms. The number of ether oxygens (including phenoxy) is 1. The zero-order valence-electron chi connectivity index (χ0n) is 16.5. The van der Waals surface area contributed by atoms with Gasteiger partial charge in [0.05, 0.1) is 5.56 Å². The Labute approximate surface area is 190 Å². The van der Waals surface area contributed by atoms with Crippen LogP contribution in [0.25, 0.3) is 0 Å². The molecule has 0 saturated carbocycles. The van der Waals surface area contributed by atoms with Crippen LogP contribution in [0.1, 0.15) is 21.5 Å². The van der Waals surface area contributed by atoms with Gasteiger partial charge in [-0.2, -0.15) is 8.78 Å². The van der Waals surface area contributed by atoms with E-state index in [1.54, 1.807) is 25.2 Å². The van der Waals surface area contributed by atoms with Gasteiger partial charge in [-0.1, -0.05) is 29.8 Å². The van der Waals surface area contributed by atoms with Crippen molar-refractivity contribution in [3.05, 3.63) is 65.0 Å². The topological polar surface area (TPSA) is 74.8 Å². The first-order valence-electron chi connectivity index (χ1n) is 8.92. The van der Waals surface area contributed by atoms with Crippen molar-refractivity contribution in [2.45, 2.75) is 20.1 Å². The molecule has 2 aromatic carbocycles. The standard InChI is InChI=1S/C20H23F3N4O2.HI/c1-13-7-8-17(29-19(22)23)14(11-13)12-27-20(24-2)26-10-9-25-18(28)15-5-3-4-6-16(15)21;/h3-8,11,19H,9-10,12H2,1-2H3,(H,25,28)(H2,24,26,27);1H. The predicted molar refractivity (Wildman–Crippen MR) is 120 cm³/mol. The molecule has 6 nitrogen and oxygen atoms in total. The lowest BCUT2D eigenvalue weighted by Crippen LogP contribution is -2.41. The number of hydrogen-bond acceptors (Lipinski definition) is 3. The maximum atomic E-state index is 13.6. The number of rotatable bonds is 8. The lowest BCUT2D eigenvalue weighted by Gasteiger charge is -2.15. The number of halogens is 4. The van der Waals surface area contributed by atoms with Crippen LogP contribution >= 0.6 is 24.0 Å². The monoisotopic (exact) mass is 536 g/mol. The van der Waals surface area contributed by atoms with Gasteiger partial charge in [-0.25, -0.2) is 4.39 Å². The Bertz CT molecular complexity index is 866. The average Bonchev–Trinajstić information content (AvgIpc) is 2.69. The molecule has 3 N–H and O–H groups in total. The minimum atomic E-state index is -2.91. The maximum Gasteiger partial charge on any atom is 0.387 e. The van der Waals surface area contributed by atoms with E-state index in [0.29, 0.717) is 18.1 Å². The smallest absolute Gasteiger partial charge is 0.387 e. The zero-order chi connectivity index (χ0) is 21.2. The number of hydrogen-bond donors (Lipinski definition) is 3. The molecule has 1 amide bonds. The summed E-state index contributed by atoms with van der Waals surface area (Å²) in [5, 5.41) is 8.58. The van der Waals surface area contributed by atoms with Gasteiger partial charge < -0.3 is 20.7 Å². The molecule has 0 aromatic heterocycles. The van der Waals surface area contributed by atoms with Crippen molar-refractivity contribution in [1.82, 2.24) is 16.0 Å². The van der Waals surface area contributed by atoms with Gasteiger partial charge in [0.25, 0.3) is 5.91 Å². The molecule has 0 saturated heterocycles. The van der Waals surface area contributed by atoms with E-state index in [2.05, 4.69) is 25.7 Å². The van der Waals surface area contributed by atoms with Gasteiger partial charge >= 0.3 is 6.61 Å². The summed E-state index contributed by atoms with van der Waals surface area (Å²) in [4.78, 5) is 16.0. The van der Waals surface area contributed by atoms with Crippen LogP contribution in [-0.2, 0) is 6.54 Å². The van der Waals surface area contributed by atoms with Crippen molar-refractivity contribution in [3.8, 4) is 5.75 Å². The quantitative estimate of drug-likeness (QED) is 0.209. The lowest BCUT2D eigenvalue weighted by molar-refractivity contribution is -0.0504. The molecule has 2 rings (SSSR count). The van der Waals surface area contributed by atoms with E-state index < -0.39 is 18.3 Å². The van der Waals surface area contributed by atoms with Crippen molar-refractivity contribution in [1.29, 1.82) is 0 Å². The number of alkyl halides is 2. The van der Waals surface area contributed by atoms with Gasteiger partial charge in [-0.3, -0.25) is 9.79 Å². The molecule has 0 aliphatic carbocycles. The summed E-state index contributed by atoms with van der Waals surface area (Å²) in [6.07, 6.45) is 0. The molecular formula is C20H24F3IN4O2. The Morgan fingerprint density at radius 1 is 1.10 bits per heavy atom. The minimum absolute atomic E-state index is 0. The molecule has 0 radical (unpaired) electrons. The molecule has 0 bridgehead atoms. The second-order valence-electron chi connectivity index (χ2n) is 6.08. The van der Waals surface area contributed by atoms with Crippen LogP contribution in [0, 0.1) is 12.7 Å². The van der Waals surface area contributed by atoms with Crippen molar-refractivity contribution in [2.75, 3.05) is 20.1 Å². The number of carbonyl (C=O) groups is 1. The summed E-state index contributed by atoms with van der Waals surface area (Å²) in [7, 11) is 1.56. The predicted octanol–water partition coefficient (Wildman–Crippen LogP) is 3.45. The van der Waals surface area contributed by atoms with E-state index >= 15 is 0 Å². The first-order chi connectivity index (χ1) is 13.9. The van der Waals surface area contributed by atoms with Crippen molar-refractivity contribution in [3.63, 3.8) is 0 Å². The molecule has 0 spiro atoms. The highest BCUT2D eigenvalue weighted by molar-refractivity contribution is 14.0. The van der Waals surface area contributed by atoms with Crippen molar-refractivity contribution in [2.24, 2.45) is 4.99 Å². The number of carbonyl (C=O) groups excluding carboxylic acids is 1. The van der Waals surface area contributed by atoms with Gasteiger partial charge in [0.2, 0.25) is 0 Å². The van der Waals surface area contributed by atoms with Crippen molar-refractivity contribution < 1.29 is 22.7 Å². The van der Waals surface area contributed by atoms with E-state index in [1.165, 1.54) is 24.3 Å². The third-order valence-corrected chi connectivity index (χ3v) is 3.92. The highest BCUT2D eigenvalue weighted by Crippen LogP contribution is 2.21. The molecule has 0 heterocycles. The molecule has 10 heteroatoms. The number of aryl methyl sites for hydroxylation is 1. The third kappa shape index (κ3) is 8.09. The van der Waals surface area contributed by atoms with E-state index in [4.69, 9.17) is 0 Å². The van der Waals surface area contributed by atoms with Crippen LogP contribution in [0.15, 0.2) is 47.5 Å². The average molecular weight is 536 g/mol. The summed E-state index contributed by atoms with van der Waals surface area (Å²) in [6, 6.07) is 10.6. The molecular weight excluding hydrogens is 512 g/mol. The van der Waals surface area contributed by atoms with E-state index in [0.717, 1.165) is 5.56 Å². The fourth-order valence-corrected chi connectivity index (χ4v) is 2.55. The van der Waals surface area contributed by atoms with Gasteiger partial charge in [0.1, 0.15) is 11.6 Å². The number of benzene rings is 2. The van der Waals surface area contributed by atoms with Gasteiger partial charge in [0, 0.05) is 32.2 Å². The van der Waals surface area contributed by atoms with Crippen molar-refractivity contribution >= 4 is 35.8 Å². The molecule has 0 aliphatic heterocycles. The molecule has 0 fully saturated rings. The Balaban J connectivity index is 0.00000450. The summed E-state index contributed by atoms with van der Waals surface area (Å²) < 4.78 is 43.2. The molecule has 0 atom stereocenters. The van der Waals surface area contributed by atoms with Crippen LogP contribution in [0.3, 0.4) is 0 Å². The number of aliphatic imine (C=N–C) groups is 1. The summed E-state index contributed by atoms with van der Waals surface area (Å²) in [5.41, 5.74) is 1.43. The van der Waals surface area contributed by atoms with E-state index in [1.807, 2.05) is 6.92 Å². The Morgan fingerprint density at radius 2 is 1.80 bits per heavy atom. The summed E-state index contributed by atoms with van der Waals surface area (Å²) in [6.45, 7) is -0.287. The molecule has 164 valence electrons. The van der Waals surface area contributed by atoms with Gasteiger partial charge in [-0.15, -0.1) is 24.0 Å². The number of nitrogens with one attached hydrogen (secondary N) is 3. The van der Waals surface area contributed by atoms with Gasteiger partial charge in [0.15, 0.2) is 5.96 Å². The Morgan fingerprint density at radius 3 is 2.47 bits per heavy atom. The second-order valence-corrected chi connectivity index (χ2v) is 6.08. The molecule has 2 aromatic rings. The largest absolute Gasteiger partial charge is 0.434 e. The molecule has 0 unspecified atom stereocenters. The van der Waals surface area contributed by atoms with Crippen LogP contribution in [-0.4, -0.2) is 38.6 Å². The van der Waals surface area contributed by atoms with Gasteiger partial charge in [-0.05, 0) is 25.1 Å². The fraction of sp³-hybridized carbons (Fsp3) is 0.300. The minimum Gasteiger partial charge on any atom is -0.434 e. The Kier molecular flexibility index (Phi) is 11.0. The molecule has 0 aliphatic rings. The SMILES string of the molecule is CN=C(NCCNC(=O)c1ccccc1F)NCc1cc(C)ccc1OC(F)F.I. The number of nitrogens with zero attached hydrogens (tertiary/aromatic N) is 1. The first kappa shape index (κ1) is 25.5. The zero-order valence-corrected chi connectivity index (χ0v) is 18.9. The summed E-state index contributed by atoms with van der Waals surface area (Å²) >= 11 is 0. The number of guanidine groups is 1. The van der Waals surface area contributed by atoms with Crippen LogP contribution in [0.4, 0.5) is 13.2 Å². The van der Waals surface area contributed by atoms with E-state index in [-0.39, 0.29) is 48.4 Å². The van der Waals surface area contributed by atoms with Crippen LogP contribution < -0.4 is 20.7 Å². The third-order valence-electron chi connectivity index (χ3n) is 3.92. The Hall–Kier alpha value is -2.50. The maximum absolute atomic E-state index is 13.6. The van der Waals surface area contributed by atoms with Crippen LogP contribution in [0.2, 0.25) is 0 Å². The normalized spacial score (nSPS) is 10.9. The lowest BCUT2D eigenvalue weighted by atomic mass is 10.1. The van der Waals surface area contributed by atoms with Crippen LogP contribution in [0.5, 0.6) is 5.75 Å². The summed E-state index contributed by atoms with van der Waals surface area (Å²) in [5.74, 6) is -0.600. The fourth-order valence-electron chi connectivity index (χ4n) is 2.55. The van der Waals surface area contributed by atoms with E-state index in [9.17, 15) is 18.0 Å².